The van der Waals surface area contributed by atoms with Crippen molar-refractivity contribution < 1.29 is 27.9 Å². The number of rotatable bonds is 4. The number of hydrogen-bond donors (Lipinski definition) is 3. The van der Waals surface area contributed by atoms with E-state index in [-0.39, 0.29) is 6.54 Å². The Labute approximate surface area is 117 Å². The maximum absolute atomic E-state index is 12.7. The van der Waals surface area contributed by atoms with Crippen LogP contribution in [0.15, 0.2) is 12.4 Å². The number of hydrogen-bond acceptors (Lipinski definition) is 4. The number of carboxylic acids is 1. The summed E-state index contributed by atoms with van der Waals surface area (Å²) in [5.41, 5.74) is -2.42. The monoisotopic (exact) mass is 306 g/mol. The topological polar surface area (TPSA) is 104 Å². The van der Waals surface area contributed by atoms with Crippen LogP contribution in [0.25, 0.3) is 0 Å². The SMILES string of the molecule is Cc1cnc(CNC(=O)NC(C)(C(=O)O)C(F)(F)F)cn1. The molecule has 7 nitrogen and oxygen atoms in total. The number of nitrogens with zero attached hydrogens (tertiary/aromatic N) is 2. The van der Waals surface area contributed by atoms with E-state index in [2.05, 4.69) is 15.3 Å². The first-order valence-electron chi connectivity index (χ1n) is 5.70. The first kappa shape index (κ1) is 16.7. The van der Waals surface area contributed by atoms with Crippen molar-refractivity contribution in [2.24, 2.45) is 0 Å². The number of carboxylic acid groups (broad SMARTS) is 1. The Morgan fingerprint density at radius 1 is 1.29 bits per heavy atom. The molecule has 3 N–H and O–H groups in total. The molecule has 1 aromatic rings. The quantitative estimate of drug-likeness (QED) is 0.769. The van der Waals surface area contributed by atoms with Crippen LogP contribution in [0, 0.1) is 6.92 Å². The van der Waals surface area contributed by atoms with Gasteiger partial charge >= 0.3 is 18.2 Å². The third-order valence-electron chi connectivity index (χ3n) is 2.62. The minimum absolute atomic E-state index is 0.188. The summed E-state index contributed by atoms with van der Waals surface area (Å²) < 4.78 is 38.0. The molecular weight excluding hydrogens is 293 g/mol. The van der Waals surface area contributed by atoms with Gasteiger partial charge in [-0.2, -0.15) is 13.2 Å². The lowest BCUT2D eigenvalue weighted by Crippen LogP contribution is -2.63. The van der Waals surface area contributed by atoms with Gasteiger partial charge in [0.2, 0.25) is 5.54 Å². The molecule has 0 fully saturated rings. The fourth-order valence-corrected chi connectivity index (χ4v) is 1.20. The molecule has 1 atom stereocenters. The highest BCUT2D eigenvalue weighted by Gasteiger charge is 2.58. The molecule has 1 rings (SSSR count). The van der Waals surface area contributed by atoms with Crippen LogP contribution in [-0.4, -0.2) is 38.8 Å². The van der Waals surface area contributed by atoms with E-state index in [0.29, 0.717) is 18.3 Å². The number of alkyl halides is 3. The van der Waals surface area contributed by atoms with Crippen molar-refractivity contribution in [2.75, 3.05) is 0 Å². The lowest BCUT2D eigenvalue weighted by molar-refractivity contribution is -0.203. The number of carbonyl (C=O) groups excluding carboxylic acids is 1. The largest absolute Gasteiger partial charge is 0.479 e. The second-order valence-corrected chi connectivity index (χ2v) is 4.38. The highest BCUT2D eigenvalue weighted by molar-refractivity contribution is 5.86. The molecule has 1 unspecified atom stereocenters. The Hall–Kier alpha value is -2.39. The zero-order valence-corrected chi connectivity index (χ0v) is 11.2. The molecule has 0 saturated carbocycles. The summed E-state index contributed by atoms with van der Waals surface area (Å²) in [6.45, 7) is 1.87. The normalized spacial score (nSPS) is 14.1. The van der Waals surface area contributed by atoms with Crippen LogP contribution in [0.5, 0.6) is 0 Å². The number of carbonyl (C=O) groups is 2. The molecule has 0 saturated heterocycles. The van der Waals surface area contributed by atoms with Crippen molar-refractivity contribution in [1.82, 2.24) is 20.6 Å². The van der Waals surface area contributed by atoms with E-state index in [1.165, 1.54) is 17.7 Å². The molecule has 116 valence electrons. The fraction of sp³-hybridized carbons (Fsp3) is 0.455. The maximum atomic E-state index is 12.7. The zero-order valence-electron chi connectivity index (χ0n) is 11.2. The Kier molecular flexibility index (Phi) is 4.71. The van der Waals surface area contributed by atoms with Crippen LogP contribution < -0.4 is 10.6 Å². The summed E-state index contributed by atoms with van der Waals surface area (Å²) in [7, 11) is 0. The highest BCUT2D eigenvalue weighted by Crippen LogP contribution is 2.30. The summed E-state index contributed by atoms with van der Waals surface area (Å²) in [5.74, 6) is -2.21. The maximum Gasteiger partial charge on any atom is 0.422 e. The van der Waals surface area contributed by atoms with E-state index in [1.54, 1.807) is 6.92 Å². The molecule has 10 heteroatoms. The summed E-state index contributed by atoms with van der Waals surface area (Å²) in [5, 5.41) is 12.1. The van der Waals surface area contributed by atoms with Crippen molar-refractivity contribution in [3.8, 4) is 0 Å². The van der Waals surface area contributed by atoms with Gasteiger partial charge in [-0.1, -0.05) is 0 Å². The van der Waals surface area contributed by atoms with Crippen molar-refractivity contribution in [1.29, 1.82) is 0 Å². The molecule has 0 spiro atoms. The molecule has 0 aliphatic carbocycles. The summed E-state index contributed by atoms with van der Waals surface area (Å²) in [6.07, 6.45) is -2.37. The Morgan fingerprint density at radius 3 is 2.33 bits per heavy atom. The minimum Gasteiger partial charge on any atom is -0.479 e. The van der Waals surface area contributed by atoms with Gasteiger partial charge in [-0.3, -0.25) is 9.97 Å². The number of aliphatic carboxylic acids is 1. The van der Waals surface area contributed by atoms with E-state index in [1.807, 2.05) is 0 Å². The van der Waals surface area contributed by atoms with E-state index < -0.39 is 23.7 Å². The van der Waals surface area contributed by atoms with Crippen LogP contribution in [0.3, 0.4) is 0 Å². The Morgan fingerprint density at radius 2 is 1.90 bits per heavy atom. The van der Waals surface area contributed by atoms with Gasteiger partial charge < -0.3 is 15.7 Å². The van der Waals surface area contributed by atoms with Crippen molar-refractivity contribution in [3.05, 3.63) is 23.8 Å². The standard InChI is InChI=1S/C11H13F3N4O3/c1-6-3-16-7(4-15-6)5-17-9(21)18-10(2,8(19)20)11(12,13)14/h3-4H,5H2,1-2H3,(H,19,20)(H2,17,18,21). The molecular formula is C11H13F3N4O3. The second-order valence-electron chi connectivity index (χ2n) is 4.38. The third kappa shape index (κ3) is 4.04. The van der Waals surface area contributed by atoms with E-state index in [0.717, 1.165) is 0 Å². The molecule has 1 aromatic heterocycles. The average molecular weight is 306 g/mol. The van der Waals surface area contributed by atoms with E-state index >= 15 is 0 Å². The van der Waals surface area contributed by atoms with Crippen LogP contribution in [-0.2, 0) is 11.3 Å². The number of nitrogens with one attached hydrogen (secondary N) is 2. The third-order valence-corrected chi connectivity index (χ3v) is 2.62. The van der Waals surface area contributed by atoms with Crippen LogP contribution >= 0.6 is 0 Å². The predicted molar refractivity (Wildman–Crippen MR) is 64.2 cm³/mol. The average Bonchev–Trinajstić information content (AvgIpc) is 2.36. The van der Waals surface area contributed by atoms with Gasteiger partial charge in [0.05, 0.1) is 24.1 Å². The van der Waals surface area contributed by atoms with Gasteiger partial charge in [0.15, 0.2) is 0 Å². The van der Waals surface area contributed by atoms with Crippen molar-refractivity contribution in [2.45, 2.75) is 32.1 Å². The lowest BCUT2D eigenvalue weighted by Gasteiger charge is -2.28. The molecule has 21 heavy (non-hydrogen) atoms. The van der Waals surface area contributed by atoms with Crippen molar-refractivity contribution >= 4 is 12.0 Å². The van der Waals surface area contributed by atoms with Gasteiger partial charge in [0.25, 0.3) is 0 Å². The Bertz CT molecular complexity index is 533. The van der Waals surface area contributed by atoms with Crippen LogP contribution in [0.2, 0.25) is 0 Å². The molecule has 2 amide bonds. The van der Waals surface area contributed by atoms with Gasteiger partial charge in [0.1, 0.15) is 0 Å². The Balaban J connectivity index is 2.67. The van der Waals surface area contributed by atoms with E-state index in [9.17, 15) is 22.8 Å². The summed E-state index contributed by atoms with van der Waals surface area (Å²) >= 11 is 0. The first-order valence-corrected chi connectivity index (χ1v) is 5.70. The first-order chi connectivity index (χ1) is 9.56. The van der Waals surface area contributed by atoms with Gasteiger partial charge in [0, 0.05) is 6.20 Å². The fourth-order valence-electron chi connectivity index (χ4n) is 1.20. The number of aryl methyl sites for hydroxylation is 1. The summed E-state index contributed by atoms with van der Waals surface area (Å²) in [6, 6.07) is -1.28. The predicted octanol–water partition coefficient (Wildman–Crippen LogP) is 0.990. The number of halogens is 3. The second kappa shape index (κ2) is 5.94. The number of aromatic nitrogens is 2. The molecule has 1 heterocycles. The molecule has 0 aromatic carbocycles. The molecule has 0 aliphatic heterocycles. The van der Waals surface area contributed by atoms with Gasteiger partial charge in [-0.25, -0.2) is 9.59 Å². The molecule has 0 bridgehead atoms. The number of urea groups is 1. The zero-order chi connectivity index (χ0) is 16.3. The molecule has 0 radical (unpaired) electrons. The summed E-state index contributed by atoms with van der Waals surface area (Å²) in [4.78, 5) is 29.9. The van der Waals surface area contributed by atoms with Gasteiger partial charge in [-0.05, 0) is 13.8 Å². The van der Waals surface area contributed by atoms with E-state index in [4.69, 9.17) is 5.11 Å². The smallest absolute Gasteiger partial charge is 0.422 e. The van der Waals surface area contributed by atoms with Crippen LogP contribution in [0.4, 0.5) is 18.0 Å². The van der Waals surface area contributed by atoms with Crippen LogP contribution in [0.1, 0.15) is 18.3 Å². The highest BCUT2D eigenvalue weighted by atomic mass is 19.4. The minimum atomic E-state index is -5.14. The lowest BCUT2D eigenvalue weighted by atomic mass is 10.0. The van der Waals surface area contributed by atoms with Gasteiger partial charge in [-0.15, -0.1) is 0 Å². The molecule has 0 aliphatic rings. The van der Waals surface area contributed by atoms with Crippen molar-refractivity contribution in [3.63, 3.8) is 0 Å². The number of amides is 2.